The molecule has 0 atom stereocenters. The van der Waals surface area contributed by atoms with Crippen molar-refractivity contribution in [2.24, 2.45) is 11.1 Å². The molecule has 1 heterocycles. The zero-order chi connectivity index (χ0) is 20.9. The SMILES string of the molecule is NS(=O)(=O)c1ccc(-c2oc(COCC(CO)CO)nc2-c2ccccc2)cc1. The molecule has 0 amide bonds. The van der Waals surface area contributed by atoms with Crippen LogP contribution < -0.4 is 5.14 Å². The van der Waals surface area contributed by atoms with Gasteiger partial charge in [-0.2, -0.15) is 0 Å². The molecule has 3 rings (SSSR count). The number of nitrogens with two attached hydrogens (primary N) is 1. The molecule has 8 nitrogen and oxygen atoms in total. The van der Waals surface area contributed by atoms with Gasteiger partial charge in [-0.25, -0.2) is 18.5 Å². The van der Waals surface area contributed by atoms with E-state index in [1.165, 1.54) is 12.1 Å². The average molecular weight is 418 g/mol. The second kappa shape index (κ2) is 9.29. The lowest BCUT2D eigenvalue weighted by molar-refractivity contribution is 0.0294. The maximum absolute atomic E-state index is 11.5. The number of sulfonamides is 1. The number of aliphatic hydroxyl groups is 2. The smallest absolute Gasteiger partial charge is 0.238 e. The molecule has 29 heavy (non-hydrogen) atoms. The van der Waals surface area contributed by atoms with Crippen LogP contribution in [0.5, 0.6) is 0 Å². The van der Waals surface area contributed by atoms with Gasteiger partial charge in [0.05, 0.1) is 24.7 Å². The highest BCUT2D eigenvalue weighted by Crippen LogP contribution is 2.33. The van der Waals surface area contributed by atoms with Crippen LogP contribution in [0.2, 0.25) is 0 Å². The van der Waals surface area contributed by atoms with Crippen molar-refractivity contribution in [3.63, 3.8) is 0 Å². The van der Waals surface area contributed by atoms with Crippen LogP contribution in [0.15, 0.2) is 63.9 Å². The number of rotatable bonds is 9. The molecule has 0 aliphatic rings. The van der Waals surface area contributed by atoms with E-state index in [9.17, 15) is 8.42 Å². The maximum Gasteiger partial charge on any atom is 0.238 e. The molecule has 2 aromatic carbocycles. The number of ether oxygens (including phenoxy) is 1. The molecule has 0 fully saturated rings. The topological polar surface area (TPSA) is 136 Å². The van der Waals surface area contributed by atoms with Crippen LogP contribution in [0.25, 0.3) is 22.6 Å². The number of benzene rings is 2. The molecular weight excluding hydrogens is 396 g/mol. The van der Waals surface area contributed by atoms with Crippen molar-refractivity contribution in [3.05, 3.63) is 60.5 Å². The Morgan fingerprint density at radius 1 is 1.00 bits per heavy atom. The first kappa shape index (κ1) is 21.2. The van der Waals surface area contributed by atoms with Crippen molar-refractivity contribution in [2.45, 2.75) is 11.5 Å². The van der Waals surface area contributed by atoms with Crippen molar-refractivity contribution in [2.75, 3.05) is 19.8 Å². The van der Waals surface area contributed by atoms with E-state index in [1.807, 2.05) is 30.3 Å². The van der Waals surface area contributed by atoms with Crippen LogP contribution in [0.1, 0.15) is 5.89 Å². The predicted molar refractivity (Wildman–Crippen MR) is 106 cm³/mol. The van der Waals surface area contributed by atoms with Crippen LogP contribution in [0, 0.1) is 5.92 Å². The molecule has 0 radical (unpaired) electrons. The first-order valence-electron chi connectivity index (χ1n) is 8.90. The molecule has 0 bridgehead atoms. The van der Waals surface area contributed by atoms with Crippen LogP contribution >= 0.6 is 0 Å². The average Bonchev–Trinajstić information content (AvgIpc) is 3.15. The molecule has 0 spiro atoms. The molecular formula is C20H22N2O6S. The van der Waals surface area contributed by atoms with Gasteiger partial charge in [0.25, 0.3) is 0 Å². The Kier molecular flexibility index (Phi) is 6.78. The van der Waals surface area contributed by atoms with Gasteiger partial charge in [-0.1, -0.05) is 30.3 Å². The summed E-state index contributed by atoms with van der Waals surface area (Å²) >= 11 is 0. The van der Waals surface area contributed by atoms with Crippen molar-refractivity contribution < 1.29 is 27.8 Å². The Balaban J connectivity index is 1.91. The molecule has 0 aliphatic heterocycles. The number of primary sulfonamides is 1. The quantitative estimate of drug-likeness (QED) is 0.482. The third kappa shape index (κ3) is 5.28. The normalized spacial score (nSPS) is 11.9. The van der Waals surface area contributed by atoms with Crippen molar-refractivity contribution in [3.8, 4) is 22.6 Å². The monoisotopic (exact) mass is 418 g/mol. The number of hydrogen-bond acceptors (Lipinski definition) is 7. The van der Waals surface area contributed by atoms with Gasteiger partial charge in [0.1, 0.15) is 12.3 Å². The summed E-state index contributed by atoms with van der Waals surface area (Å²) in [7, 11) is -3.79. The first-order chi connectivity index (χ1) is 13.9. The van der Waals surface area contributed by atoms with Gasteiger partial charge in [-0.05, 0) is 24.3 Å². The summed E-state index contributed by atoms with van der Waals surface area (Å²) in [5, 5.41) is 23.4. The zero-order valence-electron chi connectivity index (χ0n) is 15.6. The van der Waals surface area contributed by atoms with E-state index in [0.717, 1.165) is 5.56 Å². The zero-order valence-corrected chi connectivity index (χ0v) is 16.4. The first-order valence-corrected chi connectivity index (χ1v) is 10.4. The van der Waals surface area contributed by atoms with Gasteiger partial charge in [-0.3, -0.25) is 0 Å². The fourth-order valence-electron chi connectivity index (χ4n) is 2.69. The maximum atomic E-state index is 11.5. The van der Waals surface area contributed by atoms with E-state index in [0.29, 0.717) is 22.9 Å². The van der Waals surface area contributed by atoms with Gasteiger partial charge in [-0.15, -0.1) is 0 Å². The van der Waals surface area contributed by atoms with E-state index in [4.69, 9.17) is 24.5 Å². The highest BCUT2D eigenvalue weighted by molar-refractivity contribution is 7.89. The summed E-state index contributed by atoms with van der Waals surface area (Å²) in [4.78, 5) is 4.52. The number of nitrogens with zero attached hydrogens (tertiary/aromatic N) is 1. The van der Waals surface area contributed by atoms with E-state index in [-0.39, 0.29) is 37.2 Å². The fraction of sp³-hybridized carbons (Fsp3) is 0.250. The summed E-state index contributed by atoms with van der Waals surface area (Å²) in [6, 6.07) is 15.4. The minimum absolute atomic E-state index is 0.00429. The summed E-state index contributed by atoms with van der Waals surface area (Å²) in [5.74, 6) is 0.421. The number of aliphatic hydroxyl groups excluding tert-OH is 2. The summed E-state index contributed by atoms with van der Waals surface area (Å²) in [5.41, 5.74) is 2.06. The number of aromatic nitrogens is 1. The van der Waals surface area contributed by atoms with Crippen LogP contribution in [-0.4, -0.2) is 43.4 Å². The Labute approximate surface area is 168 Å². The minimum Gasteiger partial charge on any atom is -0.437 e. The van der Waals surface area contributed by atoms with Crippen LogP contribution in [-0.2, 0) is 21.4 Å². The molecule has 154 valence electrons. The van der Waals surface area contributed by atoms with Gasteiger partial charge in [0.2, 0.25) is 15.9 Å². The Morgan fingerprint density at radius 3 is 2.24 bits per heavy atom. The largest absolute Gasteiger partial charge is 0.437 e. The highest BCUT2D eigenvalue weighted by Gasteiger charge is 2.18. The molecule has 0 aliphatic carbocycles. The van der Waals surface area contributed by atoms with Crippen LogP contribution in [0.4, 0.5) is 0 Å². The summed E-state index contributed by atoms with van der Waals surface area (Å²) in [6.07, 6.45) is 0. The molecule has 9 heteroatoms. The van der Waals surface area contributed by atoms with E-state index < -0.39 is 10.0 Å². The summed E-state index contributed by atoms with van der Waals surface area (Å²) < 4.78 is 34.4. The fourth-order valence-corrected chi connectivity index (χ4v) is 3.20. The molecule has 0 unspecified atom stereocenters. The van der Waals surface area contributed by atoms with E-state index in [2.05, 4.69) is 4.98 Å². The lowest BCUT2D eigenvalue weighted by Crippen LogP contribution is -2.17. The van der Waals surface area contributed by atoms with Crippen molar-refractivity contribution in [1.29, 1.82) is 0 Å². The van der Waals surface area contributed by atoms with Crippen molar-refractivity contribution >= 4 is 10.0 Å². The van der Waals surface area contributed by atoms with E-state index in [1.54, 1.807) is 12.1 Å². The Hall–Kier alpha value is -2.56. The second-order valence-electron chi connectivity index (χ2n) is 6.47. The minimum atomic E-state index is -3.79. The van der Waals surface area contributed by atoms with Crippen molar-refractivity contribution in [1.82, 2.24) is 4.98 Å². The molecule has 0 saturated heterocycles. The van der Waals surface area contributed by atoms with Crippen LogP contribution in [0.3, 0.4) is 0 Å². The van der Waals surface area contributed by atoms with Gasteiger partial charge >= 0.3 is 0 Å². The molecule has 0 saturated carbocycles. The Bertz CT molecular complexity index is 1030. The lowest BCUT2D eigenvalue weighted by Gasteiger charge is -2.09. The third-order valence-corrected chi connectivity index (χ3v) is 5.19. The van der Waals surface area contributed by atoms with E-state index >= 15 is 0 Å². The standard InChI is InChI=1S/C20H22N2O6S/c21-29(25,26)17-8-6-16(7-9-17)20-19(15-4-2-1-3-5-15)22-18(28-20)13-27-12-14(10-23)11-24/h1-9,14,23-24H,10-13H2,(H2,21,25,26). The Morgan fingerprint density at radius 2 is 1.66 bits per heavy atom. The lowest BCUT2D eigenvalue weighted by atomic mass is 10.1. The number of oxazole rings is 1. The second-order valence-corrected chi connectivity index (χ2v) is 8.03. The van der Waals surface area contributed by atoms with Gasteiger partial charge < -0.3 is 19.4 Å². The molecule has 1 aromatic heterocycles. The predicted octanol–water partition coefficient (Wildman–Crippen LogP) is 1.77. The van der Waals surface area contributed by atoms with Gasteiger partial charge in [0.15, 0.2) is 5.76 Å². The summed E-state index contributed by atoms with van der Waals surface area (Å²) in [6.45, 7) is -0.141. The third-order valence-electron chi connectivity index (χ3n) is 4.26. The highest BCUT2D eigenvalue weighted by atomic mass is 32.2. The van der Waals surface area contributed by atoms with Gasteiger partial charge in [0, 0.05) is 17.0 Å². The molecule has 3 aromatic rings. The molecule has 4 N–H and O–H groups in total. The number of hydrogen-bond donors (Lipinski definition) is 3.